The van der Waals surface area contributed by atoms with Crippen LogP contribution in [0, 0.1) is 0 Å². The number of benzene rings is 2. The van der Waals surface area contributed by atoms with Crippen LogP contribution >= 0.6 is 38.9 Å². The SMILES string of the molecule is CC(C)(O)c1cc(-c2cc(Br)c(-c3cccc(S(C)(=O)=O)c3)s2)n(-c2ccccc2Cl)n1. The normalized spacial score (nSPS) is 12.3. The van der Waals surface area contributed by atoms with Gasteiger partial charge in [-0.25, -0.2) is 13.1 Å². The molecule has 1 N–H and O–H groups in total. The predicted octanol–water partition coefficient (Wildman–Crippen LogP) is 6.31. The maximum Gasteiger partial charge on any atom is 0.175 e. The Labute approximate surface area is 204 Å². The number of hydrogen-bond donors (Lipinski definition) is 1. The monoisotopic (exact) mass is 550 g/mol. The molecule has 2 aromatic carbocycles. The number of aliphatic hydroxyl groups is 1. The van der Waals surface area contributed by atoms with Gasteiger partial charge in [-0.3, -0.25) is 0 Å². The number of nitrogens with zero attached hydrogens (tertiary/aromatic N) is 2. The molecule has 0 radical (unpaired) electrons. The lowest BCUT2D eigenvalue weighted by Gasteiger charge is -2.13. The third-order valence-corrected chi connectivity index (χ3v) is 8.40. The Kier molecular flexibility index (Phi) is 6.11. The summed E-state index contributed by atoms with van der Waals surface area (Å²) in [6.07, 6.45) is 1.20. The van der Waals surface area contributed by atoms with E-state index in [9.17, 15) is 13.5 Å². The van der Waals surface area contributed by atoms with Crippen LogP contribution < -0.4 is 0 Å². The van der Waals surface area contributed by atoms with Gasteiger partial charge in [-0.1, -0.05) is 35.9 Å². The van der Waals surface area contributed by atoms with Crippen molar-refractivity contribution in [3.05, 3.63) is 75.9 Å². The lowest BCUT2D eigenvalue weighted by atomic mass is 10.1. The molecule has 4 rings (SSSR count). The van der Waals surface area contributed by atoms with E-state index in [-0.39, 0.29) is 4.90 Å². The molecule has 0 atom stereocenters. The minimum Gasteiger partial charge on any atom is -0.384 e. The van der Waals surface area contributed by atoms with Crippen LogP contribution in [0.25, 0.3) is 26.7 Å². The number of hydrogen-bond acceptors (Lipinski definition) is 5. The molecule has 4 aromatic rings. The fourth-order valence-electron chi connectivity index (χ4n) is 3.22. The van der Waals surface area contributed by atoms with Crippen LogP contribution in [-0.4, -0.2) is 29.6 Å². The van der Waals surface area contributed by atoms with Gasteiger partial charge in [0.1, 0.15) is 5.60 Å². The van der Waals surface area contributed by atoms with Gasteiger partial charge in [-0.05, 0) is 71.7 Å². The van der Waals surface area contributed by atoms with Crippen molar-refractivity contribution in [2.24, 2.45) is 0 Å². The molecule has 0 amide bonds. The van der Waals surface area contributed by atoms with E-state index in [2.05, 4.69) is 21.0 Å². The smallest absolute Gasteiger partial charge is 0.175 e. The van der Waals surface area contributed by atoms with E-state index in [4.69, 9.17) is 11.6 Å². The van der Waals surface area contributed by atoms with Crippen molar-refractivity contribution >= 4 is 48.7 Å². The molecule has 166 valence electrons. The highest BCUT2D eigenvalue weighted by molar-refractivity contribution is 9.10. The van der Waals surface area contributed by atoms with Crippen molar-refractivity contribution in [1.82, 2.24) is 9.78 Å². The van der Waals surface area contributed by atoms with E-state index >= 15 is 0 Å². The summed E-state index contributed by atoms with van der Waals surface area (Å²) in [5.41, 5.74) is 1.64. The topological polar surface area (TPSA) is 72.2 Å². The Morgan fingerprint density at radius 1 is 1.09 bits per heavy atom. The zero-order valence-corrected chi connectivity index (χ0v) is 21.5. The fraction of sp³-hybridized carbons (Fsp3) is 0.174. The van der Waals surface area contributed by atoms with E-state index in [1.807, 2.05) is 36.4 Å². The first-order valence-corrected chi connectivity index (χ1v) is 13.5. The van der Waals surface area contributed by atoms with Crippen LogP contribution in [0.2, 0.25) is 5.02 Å². The number of sulfone groups is 1. The van der Waals surface area contributed by atoms with Gasteiger partial charge in [0.25, 0.3) is 0 Å². The summed E-state index contributed by atoms with van der Waals surface area (Å²) in [6.45, 7) is 3.37. The summed E-state index contributed by atoms with van der Waals surface area (Å²) in [5, 5.41) is 15.7. The van der Waals surface area contributed by atoms with E-state index < -0.39 is 15.4 Å². The van der Waals surface area contributed by atoms with Crippen LogP contribution in [0.15, 0.2) is 70.0 Å². The third kappa shape index (κ3) is 4.56. The number of aromatic nitrogens is 2. The molecule has 0 aliphatic rings. The predicted molar refractivity (Wildman–Crippen MR) is 133 cm³/mol. The average Bonchev–Trinajstić information content (AvgIpc) is 3.31. The Morgan fingerprint density at radius 2 is 1.81 bits per heavy atom. The van der Waals surface area contributed by atoms with Gasteiger partial charge in [0.05, 0.1) is 31.9 Å². The second-order valence-corrected chi connectivity index (χ2v) is 12.3. The van der Waals surface area contributed by atoms with Crippen LogP contribution in [0.5, 0.6) is 0 Å². The summed E-state index contributed by atoms with van der Waals surface area (Å²) in [6, 6.07) is 18.1. The van der Waals surface area contributed by atoms with Crippen molar-refractivity contribution in [3.63, 3.8) is 0 Å². The van der Waals surface area contributed by atoms with Crippen LogP contribution in [0.3, 0.4) is 0 Å². The minimum absolute atomic E-state index is 0.266. The largest absolute Gasteiger partial charge is 0.384 e. The maximum absolute atomic E-state index is 12.0. The molecule has 32 heavy (non-hydrogen) atoms. The lowest BCUT2D eigenvalue weighted by molar-refractivity contribution is 0.0734. The van der Waals surface area contributed by atoms with Gasteiger partial charge >= 0.3 is 0 Å². The quantitative estimate of drug-likeness (QED) is 0.315. The van der Waals surface area contributed by atoms with Crippen molar-refractivity contribution in [2.45, 2.75) is 24.3 Å². The summed E-state index contributed by atoms with van der Waals surface area (Å²) in [5.74, 6) is 0. The first kappa shape index (κ1) is 23.2. The first-order chi connectivity index (χ1) is 14.9. The lowest BCUT2D eigenvalue weighted by Crippen LogP contribution is -2.16. The van der Waals surface area contributed by atoms with E-state index in [1.165, 1.54) is 17.6 Å². The number of thiophene rings is 1. The van der Waals surface area contributed by atoms with Crippen molar-refractivity contribution in [1.29, 1.82) is 0 Å². The Balaban J connectivity index is 1.89. The van der Waals surface area contributed by atoms with E-state index in [0.29, 0.717) is 16.4 Å². The molecule has 5 nitrogen and oxygen atoms in total. The van der Waals surface area contributed by atoms with Gasteiger partial charge in [0, 0.05) is 15.6 Å². The van der Waals surface area contributed by atoms with E-state index in [0.717, 1.165) is 25.5 Å². The zero-order chi connectivity index (χ0) is 23.3. The second kappa shape index (κ2) is 8.43. The zero-order valence-electron chi connectivity index (χ0n) is 17.5. The third-order valence-electron chi connectivity index (χ3n) is 4.88. The van der Waals surface area contributed by atoms with Crippen LogP contribution in [-0.2, 0) is 15.4 Å². The molecule has 0 bridgehead atoms. The van der Waals surface area contributed by atoms with Gasteiger partial charge in [-0.2, -0.15) is 5.10 Å². The van der Waals surface area contributed by atoms with Crippen molar-refractivity contribution in [3.8, 4) is 26.7 Å². The van der Waals surface area contributed by atoms with Gasteiger partial charge in [-0.15, -0.1) is 11.3 Å². The first-order valence-electron chi connectivity index (χ1n) is 9.63. The van der Waals surface area contributed by atoms with Gasteiger partial charge in [0.2, 0.25) is 0 Å². The number of rotatable bonds is 5. The minimum atomic E-state index is -3.32. The van der Waals surface area contributed by atoms with Gasteiger partial charge < -0.3 is 5.11 Å². The Bertz CT molecular complexity index is 1420. The van der Waals surface area contributed by atoms with Crippen molar-refractivity contribution < 1.29 is 13.5 Å². The summed E-state index contributed by atoms with van der Waals surface area (Å²) < 4.78 is 26.6. The molecule has 9 heteroatoms. The Hall–Kier alpha value is -1.97. The fourth-order valence-corrected chi connectivity index (χ4v) is 6.01. The molecule has 0 aliphatic heterocycles. The molecule has 0 unspecified atom stereocenters. The molecule has 0 aliphatic carbocycles. The molecule has 0 saturated carbocycles. The standard InChI is InChI=1S/C23H20BrClN2O3S2/c1-23(2,28)21-13-19(27(26-21)18-10-5-4-9-17(18)25)20-12-16(24)22(31-20)14-7-6-8-15(11-14)32(3,29)30/h4-13,28H,1-3H3. The van der Waals surface area contributed by atoms with Crippen LogP contribution in [0.4, 0.5) is 0 Å². The molecule has 0 saturated heterocycles. The molecule has 2 aromatic heterocycles. The highest BCUT2D eigenvalue weighted by Crippen LogP contribution is 2.43. The number of halogens is 2. The van der Waals surface area contributed by atoms with Crippen LogP contribution in [0.1, 0.15) is 19.5 Å². The van der Waals surface area contributed by atoms with Gasteiger partial charge in [0.15, 0.2) is 9.84 Å². The molecular formula is C23H20BrClN2O3S2. The summed E-state index contributed by atoms with van der Waals surface area (Å²) in [4.78, 5) is 2.05. The maximum atomic E-state index is 12.0. The highest BCUT2D eigenvalue weighted by Gasteiger charge is 2.25. The van der Waals surface area contributed by atoms with E-state index in [1.54, 1.807) is 42.8 Å². The number of para-hydroxylation sites is 1. The average molecular weight is 552 g/mol. The molecule has 2 heterocycles. The second-order valence-electron chi connectivity index (χ2n) is 7.92. The molecule has 0 spiro atoms. The highest BCUT2D eigenvalue weighted by atomic mass is 79.9. The Morgan fingerprint density at radius 3 is 2.47 bits per heavy atom. The summed E-state index contributed by atoms with van der Waals surface area (Å²) >= 11 is 11.6. The molecule has 0 fully saturated rings. The van der Waals surface area contributed by atoms with Crippen molar-refractivity contribution in [2.75, 3.05) is 6.26 Å². The summed E-state index contributed by atoms with van der Waals surface area (Å²) in [7, 11) is -3.32. The molecular weight excluding hydrogens is 532 g/mol.